The van der Waals surface area contributed by atoms with Crippen molar-refractivity contribution in [2.24, 2.45) is 0 Å². The van der Waals surface area contributed by atoms with E-state index in [4.69, 9.17) is 15.1 Å². The number of hydrogen-bond acceptors (Lipinski definition) is 4. The number of benzene rings is 3. The van der Waals surface area contributed by atoms with Crippen molar-refractivity contribution in [1.82, 2.24) is 9.97 Å². The van der Waals surface area contributed by atoms with Gasteiger partial charge in [0.1, 0.15) is 0 Å². The van der Waals surface area contributed by atoms with Crippen molar-refractivity contribution >= 4 is 56.7 Å². The first-order valence-corrected chi connectivity index (χ1v) is 14.3. The third-order valence-electron chi connectivity index (χ3n) is 6.43. The van der Waals surface area contributed by atoms with Crippen LogP contribution in [0.25, 0.3) is 43.6 Å². The maximum atomic E-state index is 10.0. The summed E-state index contributed by atoms with van der Waals surface area (Å²) in [7, 11) is -1.95. The molecule has 2 aromatic heterocycles. The van der Waals surface area contributed by atoms with Gasteiger partial charge in [0.25, 0.3) is 0 Å². The first kappa shape index (κ1) is 24.9. The topological polar surface area (TPSA) is 63.1 Å². The summed E-state index contributed by atoms with van der Waals surface area (Å²) in [5.41, 5.74) is 2.12. The number of ketones is 1. The maximum absolute atomic E-state index is 10.0. The molecule has 0 aliphatic carbocycles. The molecule has 0 saturated heterocycles. The second kappa shape index (κ2) is 9.46. The average molecular weight is 654 g/mol. The molecule has 0 fully saturated rings. The molecule has 0 atom stereocenters. The quantitative estimate of drug-likeness (QED) is 0.0845. The van der Waals surface area contributed by atoms with E-state index >= 15 is 0 Å². The zero-order valence-electron chi connectivity index (χ0n) is 20.0. The maximum Gasteiger partial charge on any atom is 0.155 e. The normalized spacial score (nSPS) is 13.5. The molecule has 3 heterocycles. The van der Waals surface area contributed by atoms with Crippen molar-refractivity contribution in [2.75, 3.05) is 0 Å². The molecule has 0 unspecified atom stereocenters. The minimum absolute atomic E-state index is 0. The van der Waals surface area contributed by atoms with Gasteiger partial charge in [-0.3, -0.25) is 4.79 Å². The number of aliphatic hydroxyl groups is 1. The van der Waals surface area contributed by atoms with Crippen LogP contribution in [0.5, 0.6) is 0 Å². The molecule has 1 radical (unpaired) electrons. The number of rotatable bonds is 1. The molecule has 6 rings (SSSR count). The number of aliphatic hydroxyl groups excluding tert-OH is 1. The van der Waals surface area contributed by atoms with Crippen molar-refractivity contribution in [3.63, 3.8) is 0 Å². The largest absolute Gasteiger partial charge is 0.512 e. The van der Waals surface area contributed by atoms with Gasteiger partial charge in [-0.2, -0.15) is 0 Å². The van der Waals surface area contributed by atoms with Crippen LogP contribution in [0, 0.1) is 6.07 Å². The molecule has 1 aliphatic heterocycles. The van der Waals surface area contributed by atoms with Gasteiger partial charge in [-0.25, -0.2) is 0 Å². The Hall–Kier alpha value is -3.18. The fourth-order valence-corrected chi connectivity index (χ4v) is 7.84. The number of nitrogens with zero attached hydrogens (tertiary/aromatic N) is 2. The van der Waals surface area contributed by atoms with E-state index in [-0.39, 0.29) is 31.6 Å². The van der Waals surface area contributed by atoms with E-state index in [0.29, 0.717) is 0 Å². The van der Waals surface area contributed by atoms with Gasteiger partial charge in [0.2, 0.25) is 0 Å². The molecule has 4 nitrogen and oxygen atoms in total. The monoisotopic (exact) mass is 654 g/mol. The summed E-state index contributed by atoms with van der Waals surface area (Å²) in [6, 6.07) is 23.1. The first-order chi connectivity index (χ1) is 16.3. The van der Waals surface area contributed by atoms with Crippen molar-refractivity contribution in [2.45, 2.75) is 26.9 Å². The van der Waals surface area contributed by atoms with E-state index in [9.17, 15) is 4.79 Å². The third kappa shape index (κ3) is 4.23. The molecule has 5 aromatic rings. The number of carbonyl (C=O) groups is 1. The summed E-state index contributed by atoms with van der Waals surface area (Å²) >= 11 is 0. The molecule has 6 heteroatoms. The van der Waals surface area contributed by atoms with Gasteiger partial charge in [-0.15, -0.1) is 17.7 Å². The molecule has 1 N–H and O–H groups in total. The smallest absolute Gasteiger partial charge is 0.155 e. The number of aromatic nitrogens is 2. The van der Waals surface area contributed by atoms with Crippen molar-refractivity contribution in [3.8, 4) is 11.3 Å². The van der Waals surface area contributed by atoms with Crippen molar-refractivity contribution in [1.29, 1.82) is 0 Å². The Morgan fingerprint density at radius 1 is 0.943 bits per heavy atom. The molecule has 0 bridgehead atoms. The van der Waals surface area contributed by atoms with E-state index < -0.39 is 8.07 Å². The van der Waals surface area contributed by atoms with E-state index in [1.807, 2.05) is 18.5 Å². The number of fused-ring (bicyclic) bond motifs is 6. The second-order valence-corrected chi connectivity index (χ2v) is 13.5. The molecular formula is C29H25IrN2O2Si-. The van der Waals surface area contributed by atoms with Gasteiger partial charge in [-0.1, -0.05) is 66.9 Å². The minimum Gasteiger partial charge on any atom is -0.512 e. The molecule has 177 valence electrons. The van der Waals surface area contributed by atoms with Crippen LogP contribution in [-0.4, -0.2) is 28.9 Å². The van der Waals surface area contributed by atoms with E-state index in [2.05, 4.69) is 67.7 Å². The van der Waals surface area contributed by atoms with E-state index in [1.165, 1.54) is 62.7 Å². The van der Waals surface area contributed by atoms with Crippen LogP contribution in [0.15, 0.2) is 78.8 Å². The van der Waals surface area contributed by atoms with Crippen LogP contribution in [0.3, 0.4) is 0 Å². The SMILES string of the molecule is CC(=O)/C=C(/C)O.C[Si]1(C)c2ncc[c-]c2-c2nccc3c2c1cc1c2ccccc2ccc31.[Ir]. The fraction of sp³-hybridized carbons (Fsp3) is 0.138. The van der Waals surface area contributed by atoms with Gasteiger partial charge in [0.15, 0.2) is 5.78 Å². The van der Waals surface area contributed by atoms with Gasteiger partial charge in [0, 0.05) is 32.4 Å². The number of allylic oxidation sites excluding steroid dienone is 2. The second-order valence-electron chi connectivity index (χ2n) is 9.22. The Bertz CT molecular complexity index is 1640. The molecule has 0 amide bonds. The molecular weight excluding hydrogens is 629 g/mol. The molecule has 3 aromatic carbocycles. The van der Waals surface area contributed by atoms with Crippen molar-refractivity contribution < 1.29 is 30.0 Å². The van der Waals surface area contributed by atoms with Crippen LogP contribution >= 0.6 is 0 Å². The first-order valence-electron chi connectivity index (χ1n) is 11.3. The van der Waals surface area contributed by atoms with Crippen molar-refractivity contribution in [3.05, 3.63) is 84.9 Å². The Balaban J connectivity index is 0.000000320. The van der Waals surface area contributed by atoms with Crippen LogP contribution < -0.4 is 10.5 Å². The Morgan fingerprint density at radius 3 is 2.43 bits per heavy atom. The summed E-state index contributed by atoms with van der Waals surface area (Å²) in [4.78, 5) is 19.6. The Kier molecular flexibility index (Phi) is 6.74. The summed E-state index contributed by atoms with van der Waals surface area (Å²) < 4.78 is 0. The molecule has 1 aliphatic rings. The van der Waals surface area contributed by atoms with Crippen LogP contribution in [-0.2, 0) is 24.9 Å². The summed E-state index contributed by atoms with van der Waals surface area (Å²) in [6.07, 6.45) is 4.97. The van der Waals surface area contributed by atoms with E-state index in [1.54, 1.807) is 0 Å². The zero-order valence-corrected chi connectivity index (χ0v) is 23.4. The standard InChI is InChI=1S/C24H17N2Si.C5H8O2.Ir/c1-27(2)21-14-20-16-7-4-3-6-15(16)9-10-17(20)18-11-13-25-23(22(18)21)19-8-5-12-26-24(19)27;1-4(6)3-5(2)7;/h3-7,9-14H,1-2H3;3,6H,1-2H3;/q-1;;/b;4-3-;. The zero-order chi connectivity index (χ0) is 24.0. The van der Waals surface area contributed by atoms with Crippen LogP contribution in [0.4, 0.5) is 0 Å². The molecule has 35 heavy (non-hydrogen) atoms. The number of pyridine rings is 2. The van der Waals surface area contributed by atoms with Crippen LogP contribution in [0.1, 0.15) is 13.8 Å². The number of carbonyl (C=O) groups excluding carboxylic acids is 1. The average Bonchev–Trinajstić information content (AvgIpc) is 2.81. The fourth-order valence-electron chi connectivity index (χ4n) is 4.99. The summed E-state index contributed by atoms with van der Waals surface area (Å²) in [5.74, 6) is -0.0625. The summed E-state index contributed by atoms with van der Waals surface area (Å²) in [6.45, 7) is 7.64. The van der Waals surface area contributed by atoms with Gasteiger partial charge < -0.3 is 15.1 Å². The van der Waals surface area contributed by atoms with Crippen LogP contribution in [0.2, 0.25) is 13.1 Å². The van der Waals surface area contributed by atoms with Gasteiger partial charge in [-0.05, 0) is 63.2 Å². The minimum atomic E-state index is -1.95. The Morgan fingerprint density at radius 2 is 1.71 bits per heavy atom. The van der Waals surface area contributed by atoms with E-state index in [0.717, 1.165) is 11.3 Å². The molecule has 0 spiro atoms. The van der Waals surface area contributed by atoms with Gasteiger partial charge >= 0.3 is 0 Å². The predicted octanol–water partition coefficient (Wildman–Crippen LogP) is 5.57. The predicted molar refractivity (Wildman–Crippen MR) is 143 cm³/mol. The third-order valence-corrected chi connectivity index (χ3v) is 9.73. The van der Waals surface area contributed by atoms with Gasteiger partial charge in [0.05, 0.1) is 13.8 Å². The summed E-state index contributed by atoms with van der Waals surface area (Å²) in [5, 5.41) is 18.8. The Labute approximate surface area is 219 Å². The molecule has 0 saturated carbocycles. The number of hydrogen-bond donors (Lipinski definition) is 1.